The monoisotopic (exact) mass is 428 g/mol. The van der Waals surface area contributed by atoms with E-state index in [-0.39, 0.29) is 0 Å². The summed E-state index contributed by atoms with van der Waals surface area (Å²) in [4.78, 5) is 20.7. The molecule has 1 saturated heterocycles. The number of hydrogen-bond acceptors (Lipinski definition) is 8. The van der Waals surface area contributed by atoms with E-state index in [9.17, 15) is 0 Å². The predicted molar refractivity (Wildman–Crippen MR) is 125 cm³/mol. The van der Waals surface area contributed by atoms with Gasteiger partial charge >= 0.3 is 0 Å². The van der Waals surface area contributed by atoms with Crippen LogP contribution < -0.4 is 10.3 Å². The van der Waals surface area contributed by atoms with Crippen LogP contribution in [0.2, 0.25) is 0 Å². The van der Waals surface area contributed by atoms with Crippen molar-refractivity contribution in [3.05, 3.63) is 65.6 Å². The number of anilines is 2. The zero-order valence-electron chi connectivity index (χ0n) is 18.1. The van der Waals surface area contributed by atoms with Gasteiger partial charge < -0.3 is 9.64 Å². The van der Waals surface area contributed by atoms with Crippen LogP contribution in [0, 0.1) is 13.8 Å². The minimum absolute atomic E-state index is 0.548. The molecule has 0 aliphatic carbocycles. The molecule has 1 aliphatic heterocycles. The minimum Gasteiger partial charge on any atom is -0.378 e. The van der Waals surface area contributed by atoms with E-state index in [0.29, 0.717) is 36.1 Å². The van der Waals surface area contributed by atoms with Gasteiger partial charge in [0.1, 0.15) is 12.1 Å². The maximum absolute atomic E-state index is 5.49. The normalized spacial score (nSPS) is 14.4. The molecule has 9 nitrogen and oxygen atoms in total. The molecule has 4 heterocycles. The highest BCUT2D eigenvalue weighted by atomic mass is 16.5. The van der Waals surface area contributed by atoms with Crippen molar-refractivity contribution in [1.29, 1.82) is 0 Å². The summed E-state index contributed by atoms with van der Waals surface area (Å²) in [7, 11) is 0. The first-order valence-electron chi connectivity index (χ1n) is 10.5. The van der Waals surface area contributed by atoms with Crippen LogP contribution in [0.1, 0.15) is 16.7 Å². The average Bonchev–Trinajstić information content (AvgIpc) is 3.24. The molecule has 0 atom stereocenters. The molecule has 1 fully saturated rings. The maximum Gasteiger partial charge on any atom is 0.229 e. The number of fused-ring (bicyclic) bond motifs is 1. The number of morpholine rings is 1. The van der Waals surface area contributed by atoms with Crippen molar-refractivity contribution < 1.29 is 4.74 Å². The van der Waals surface area contributed by atoms with Crippen molar-refractivity contribution in [2.24, 2.45) is 5.10 Å². The largest absolute Gasteiger partial charge is 0.378 e. The third-order valence-electron chi connectivity index (χ3n) is 5.25. The van der Waals surface area contributed by atoms with Crippen molar-refractivity contribution in [3.63, 3.8) is 0 Å². The van der Waals surface area contributed by atoms with Crippen LogP contribution in [0.3, 0.4) is 0 Å². The fourth-order valence-corrected chi connectivity index (χ4v) is 3.61. The van der Waals surface area contributed by atoms with Crippen molar-refractivity contribution in [2.75, 3.05) is 36.6 Å². The second-order valence-corrected chi connectivity index (χ2v) is 7.73. The van der Waals surface area contributed by atoms with E-state index in [1.165, 1.54) is 5.56 Å². The Bertz CT molecular complexity index is 1280. The topological polar surface area (TPSA) is 93.4 Å². The lowest BCUT2D eigenvalue weighted by Gasteiger charge is -2.27. The minimum atomic E-state index is 0.548. The van der Waals surface area contributed by atoms with Crippen LogP contribution in [-0.4, -0.2) is 57.0 Å². The number of nitrogens with zero attached hydrogens (tertiary/aromatic N) is 7. The molecule has 32 heavy (non-hydrogen) atoms. The fraction of sp³-hybridized carbons (Fsp3) is 0.261. The highest BCUT2D eigenvalue weighted by molar-refractivity contribution is 5.86. The number of hydrazone groups is 1. The average molecular weight is 429 g/mol. The molecule has 9 heteroatoms. The lowest BCUT2D eigenvalue weighted by Crippen LogP contribution is -2.37. The molecule has 5 rings (SSSR count). The number of benzene rings is 1. The highest BCUT2D eigenvalue weighted by Gasteiger charge is 2.20. The molecule has 4 aromatic rings. The molecular formula is C23H24N8O. The summed E-state index contributed by atoms with van der Waals surface area (Å²) in [6.45, 7) is 6.84. The first kappa shape index (κ1) is 20.1. The van der Waals surface area contributed by atoms with Gasteiger partial charge in [0.05, 0.1) is 19.4 Å². The van der Waals surface area contributed by atoms with Crippen LogP contribution in [0.5, 0.6) is 0 Å². The molecule has 1 N–H and O–H groups in total. The van der Waals surface area contributed by atoms with Crippen molar-refractivity contribution in [3.8, 4) is 5.82 Å². The Kier molecular flexibility index (Phi) is 5.47. The zero-order valence-corrected chi connectivity index (χ0v) is 18.1. The number of nitrogens with one attached hydrogen (secondary N) is 1. The molecule has 0 radical (unpaired) electrons. The van der Waals surface area contributed by atoms with Gasteiger partial charge in [0, 0.05) is 19.3 Å². The molecular weight excluding hydrogens is 404 g/mol. The standard InChI is InChI=1S/C23H24N8O/c1-16-4-3-5-18(12-16)14-26-29-21-20-22(28-23(27-21)30-8-10-32-11-9-30)31(15-25-20)19-13-17(2)6-7-24-19/h3-7,12-15H,8-11H2,1-2H3,(H,27,28,29). The summed E-state index contributed by atoms with van der Waals surface area (Å²) in [6.07, 6.45) is 5.28. The Balaban J connectivity index is 1.55. The Morgan fingerprint density at radius 2 is 1.88 bits per heavy atom. The van der Waals surface area contributed by atoms with Crippen molar-refractivity contribution >= 4 is 29.1 Å². The summed E-state index contributed by atoms with van der Waals surface area (Å²) < 4.78 is 7.37. The summed E-state index contributed by atoms with van der Waals surface area (Å²) >= 11 is 0. The van der Waals surface area contributed by atoms with E-state index in [1.807, 2.05) is 35.8 Å². The second kappa shape index (κ2) is 8.72. The molecule has 0 spiro atoms. The molecule has 1 aromatic carbocycles. The van der Waals surface area contributed by atoms with Gasteiger partial charge in [0.25, 0.3) is 0 Å². The van der Waals surface area contributed by atoms with E-state index in [4.69, 9.17) is 14.7 Å². The summed E-state index contributed by atoms with van der Waals surface area (Å²) in [5, 5.41) is 4.41. The van der Waals surface area contributed by atoms with Gasteiger partial charge in [-0.15, -0.1) is 0 Å². The zero-order chi connectivity index (χ0) is 21.9. The molecule has 3 aromatic heterocycles. The van der Waals surface area contributed by atoms with Crippen molar-refractivity contribution in [2.45, 2.75) is 13.8 Å². The Labute approximate surface area is 185 Å². The fourth-order valence-electron chi connectivity index (χ4n) is 3.61. The third-order valence-corrected chi connectivity index (χ3v) is 5.25. The maximum atomic E-state index is 5.49. The van der Waals surface area contributed by atoms with Crippen LogP contribution >= 0.6 is 0 Å². The van der Waals surface area contributed by atoms with E-state index >= 15 is 0 Å². The van der Waals surface area contributed by atoms with Crippen LogP contribution in [0.4, 0.5) is 11.8 Å². The van der Waals surface area contributed by atoms with Crippen molar-refractivity contribution in [1.82, 2.24) is 24.5 Å². The van der Waals surface area contributed by atoms with E-state index < -0.39 is 0 Å². The number of ether oxygens (including phenoxy) is 1. The van der Waals surface area contributed by atoms with E-state index in [0.717, 1.165) is 30.0 Å². The molecule has 0 amide bonds. The lowest BCUT2D eigenvalue weighted by molar-refractivity contribution is 0.122. The SMILES string of the molecule is Cc1cccc(C=NNc2nc(N3CCOCC3)nc3c2ncn3-c2cc(C)ccn2)c1. The Hall–Kier alpha value is -3.85. The number of aryl methyl sites for hydroxylation is 2. The first-order chi connectivity index (χ1) is 15.7. The highest BCUT2D eigenvalue weighted by Crippen LogP contribution is 2.25. The number of hydrogen-bond donors (Lipinski definition) is 1. The van der Waals surface area contributed by atoms with Gasteiger partial charge in [0.15, 0.2) is 17.0 Å². The molecule has 162 valence electrons. The lowest BCUT2D eigenvalue weighted by atomic mass is 10.2. The summed E-state index contributed by atoms with van der Waals surface area (Å²) in [5.41, 5.74) is 7.68. The van der Waals surface area contributed by atoms with Gasteiger partial charge in [-0.05, 0) is 37.1 Å². The van der Waals surface area contributed by atoms with Crippen LogP contribution in [0.25, 0.3) is 17.0 Å². The molecule has 0 unspecified atom stereocenters. The number of aromatic nitrogens is 5. The Morgan fingerprint density at radius 1 is 1.03 bits per heavy atom. The Morgan fingerprint density at radius 3 is 2.69 bits per heavy atom. The third kappa shape index (κ3) is 4.15. The number of pyridine rings is 1. The molecule has 0 saturated carbocycles. The first-order valence-corrected chi connectivity index (χ1v) is 10.5. The number of rotatable bonds is 5. The van der Waals surface area contributed by atoms with Gasteiger partial charge in [-0.1, -0.05) is 29.8 Å². The van der Waals surface area contributed by atoms with E-state index in [2.05, 4.69) is 44.5 Å². The molecule has 1 aliphatic rings. The number of imidazole rings is 1. The van der Waals surface area contributed by atoms with Gasteiger partial charge in [0.2, 0.25) is 5.95 Å². The second-order valence-electron chi connectivity index (χ2n) is 7.73. The summed E-state index contributed by atoms with van der Waals surface area (Å²) in [6, 6.07) is 12.1. The smallest absolute Gasteiger partial charge is 0.229 e. The molecule has 0 bridgehead atoms. The van der Waals surface area contributed by atoms with Gasteiger partial charge in [-0.3, -0.25) is 9.99 Å². The van der Waals surface area contributed by atoms with Gasteiger partial charge in [-0.2, -0.15) is 15.1 Å². The predicted octanol–water partition coefficient (Wildman–Crippen LogP) is 3.11. The summed E-state index contributed by atoms with van der Waals surface area (Å²) in [5.74, 6) is 1.92. The van der Waals surface area contributed by atoms with Gasteiger partial charge in [-0.25, -0.2) is 9.97 Å². The quantitative estimate of drug-likeness (QED) is 0.386. The van der Waals surface area contributed by atoms with Crippen LogP contribution in [0.15, 0.2) is 54.0 Å². The van der Waals surface area contributed by atoms with E-state index in [1.54, 1.807) is 18.7 Å². The van der Waals surface area contributed by atoms with Crippen LogP contribution in [-0.2, 0) is 4.74 Å².